The molecule has 1 aromatic rings. The molecule has 0 spiro atoms. The van der Waals surface area contributed by atoms with Crippen LogP contribution in [0.15, 0.2) is 11.4 Å². The predicted octanol–water partition coefficient (Wildman–Crippen LogP) is -0.412. The fraction of sp³-hybridized carbons (Fsp3) is 0.286. The molecule has 4 N–H and O–H groups in total. The Kier molecular flexibility index (Phi) is 1.35. The summed E-state index contributed by atoms with van der Waals surface area (Å²) in [5.41, 5.74) is 4.61. The van der Waals surface area contributed by atoms with E-state index in [0.29, 0.717) is 4.88 Å². The molecule has 11 heavy (non-hydrogen) atoms. The zero-order chi connectivity index (χ0) is 8.01. The second kappa shape index (κ2) is 2.14. The maximum Gasteiger partial charge on any atom is 0.208 e. The van der Waals surface area contributed by atoms with Crippen LogP contribution in [0.3, 0.4) is 0 Å². The van der Waals surface area contributed by atoms with Crippen LogP contribution in [0.4, 0.5) is 0 Å². The van der Waals surface area contributed by atoms with Gasteiger partial charge in [-0.25, -0.2) is 0 Å². The summed E-state index contributed by atoms with van der Waals surface area (Å²) in [7, 11) is 0. The number of fused-ring (bicyclic) bond motifs is 1. The Balaban J connectivity index is 2.56. The fourth-order valence-electron chi connectivity index (χ4n) is 1.30. The maximum absolute atomic E-state index is 11.2. The molecule has 0 unspecified atom stereocenters. The van der Waals surface area contributed by atoms with Crippen molar-refractivity contribution in [3.63, 3.8) is 0 Å². The molecule has 0 radical (unpaired) electrons. The first-order chi connectivity index (χ1) is 5.22. The number of ketones is 1. The van der Waals surface area contributed by atoms with Crippen molar-refractivity contribution in [2.75, 3.05) is 0 Å². The lowest BCUT2D eigenvalue weighted by atomic mass is 10.2. The van der Waals surface area contributed by atoms with Gasteiger partial charge in [-0.15, -0.1) is 11.3 Å². The second-order valence-corrected chi connectivity index (χ2v) is 3.54. The number of aliphatic hydroxyl groups is 1. The minimum atomic E-state index is -0.905. The number of aliphatic hydroxyl groups excluding tert-OH is 1. The van der Waals surface area contributed by atoms with Crippen molar-refractivity contribution in [3.05, 3.63) is 21.9 Å². The molecule has 0 aliphatic heterocycles. The highest BCUT2D eigenvalue weighted by Crippen LogP contribution is 2.32. The Morgan fingerprint density at radius 1 is 1.64 bits per heavy atom. The monoisotopic (exact) mass is 170 g/mol. The van der Waals surface area contributed by atoms with Crippen LogP contribution in [-0.2, 0) is 0 Å². The Bertz CT molecular complexity index is 307. The summed E-state index contributed by atoms with van der Waals surface area (Å²) in [5, 5.41) is 11.1. The van der Waals surface area contributed by atoms with Gasteiger partial charge >= 0.3 is 0 Å². The third kappa shape index (κ3) is 0.772. The van der Waals surface area contributed by atoms with E-state index in [2.05, 4.69) is 5.73 Å². The van der Waals surface area contributed by atoms with Crippen LogP contribution in [0.1, 0.15) is 21.3 Å². The number of Topliss-reactive ketones (excluding diaryl/α,β-unsaturated/α-hetero) is 1. The zero-order valence-electron chi connectivity index (χ0n) is 5.78. The van der Waals surface area contributed by atoms with Gasteiger partial charge in [0.1, 0.15) is 6.04 Å². The van der Waals surface area contributed by atoms with Gasteiger partial charge in [-0.3, -0.25) is 4.79 Å². The first-order valence-corrected chi connectivity index (χ1v) is 4.22. The quantitative estimate of drug-likeness (QED) is 0.556. The summed E-state index contributed by atoms with van der Waals surface area (Å²) >= 11 is 1.38. The minimum absolute atomic E-state index is 0.171. The van der Waals surface area contributed by atoms with E-state index in [9.17, 15) is 9.90 Å². The van der Waals surface area contributed by atoms with Gasteiger partial charge in [-0.1, -0.05) is 0 Å². The van der Waals surface area contributed by atoms with Gasteiger partial charge in [0.2, 0.25) is 5.78 Å². The highest BCUT2D eigenvalue weighted by atomic mass is 32.1. The lowest BCUT2D eigenvalue weighted by Gasteiger charge is -2.01. The molecule has 2 rings (SSSR count). The van der Waals surface area contributed by atoms with Crippen molar-refractivity contribution >= 4 is 17.1 Å². The van der Waals surface area contributed by atoms with Crippen LogP contribution < -0.4 is 5.73 Å². The maximum atomic E-state index is 11.2. The zero-order valence-corrected chi connectivity index (χ0v) is 6.60. The molecule has 1 heterocycles. The molecule has 4 heteroatoms. The van der Waals surface area contributed by atoms with E-state index in [-0.39, 0.29) is 11.8 Å². The molecule has 1 aliphatic carbocycles. The van der Waals surface area contributed by atoms with E-state index in [0.717, 1.165) is 5.56 Å². The van der Waals surface area contributed by atoms with E-state index in [1.807, 2.05) is 11.4 Å². The number of quaternary nitrogens is 1. The highest BCUT2D eigenvalue weighted by molar-refractivity contribution is 7.12. The van der Waals surface area contributed by atoms with Crippen LogP contribution in [0.5, 0.6) is 0 Å². The van der Waals surface area contributed by atoms with E-state index in [1.54, 1.807) is 0 Å². The average Bonchev–Trinajstić information content (AvgIpc) is 2.53. The number of carbonyl (C=O) groups is 1. The number of thiophene rings is 1. The number of rotatable bonds is 0. The molecule has 0 saturated carbocycles. The molecule has 0 fully saturated rings. The summed E-state index contributed by atoms with van der Waals surface area (Å²) < 4.78 is 0. The third-order valence-electron chi connectivity index (χ3n) is 1.97. The Labute approximate surface area is 67.5 Å². The lowest BCUT2D eigenvalue weighted by molar-refractivity contribution is -0.437. The number of carbonyl (C=O) groups excluding carboxylic acids is 1. The third-order valence-corrected chi connectivity index (χ3v) is 2.91. The molecular weight excluding hydrogens is 162 g/mol. The van der Waals surface area contributed by atoms with Gasteiger partial charge in [-0.05, 0) is 11.4 Å². The van der Waals surface area contributed by atoms with Crippen LogP contribution in [0.25, 0.3) is 0 Å². The van der Waals surface area contributed by atoms with Crippen molar-refractivity contribution in [2.45, 2.75) is 12.1 Å². The van der Waals surface area contributed by atoms with E-state index < -0.39 is 6.10 Å². The van der Waals surface area contributed by atoms with Crippen molar-refractivity contribution in [2.24, 2.45) is 0 Å². The highest BCUT2D eigenvalue weighted by Gasteiger charge is 2.39. The smallest absolute Gasteiger partial charge is 0.208 e. The summed E-state index contributed by atoms with van der Waals surface area (Å²) in [5.74, 6) is -0.171. The molecule has 0 amide bonds. The minimum Gasteiger partial charge on any atom is -0.379 e. The van der Waals surface area contributed by atoms with Gasteiger partial charge in [0.25, 0.3) is 0 Å². The van der Waals surface area contributed by atoms with E-state index in [1.165, 1.54) is 11.3 Å². The molecule has 58 valence electrons. The molecule has 0 saturated heterocycles. The van der Waals surface area contributed by atoms with Crippen molar-refractivity contribution in [1.29, 1.82) is 0 Å². The number of hydrogen-bond acceptors (Lipinski definition) is 3. The SMILES string of the molecule is [NH3+][C@H]1c2ccsc2C(=O)[C@H]1O. The van der Waals surface area contributed by atoms with Crippen LogP contribution in [0.2, 0.25) is 0 Å². The topological polar surface area (TPSA) is 64.9 Å². The molecule has 0 bridgehead atoms. The number of hydrogen-bond donors (Lipinski definition) is 2. The molecule has 0 aromatic carbocycles. The van der Waals surface area contributed by atoms with Crippen molar-refractivity contribution in [3.8, 4) is 0 Å². The molecule has 2 atom stereocenters. The summed E-state index contributed by atoms with van der Waals surface area (Å²) in [6.07, 6.45) is -0.905. The first-order valence-electron chi connectivity index (χ1n) is 3.34. The summed E-state index contributed by atoms with van der Waals surface area (Å²) in [6.45, 7) is 0. The molecule has 1 aromatic heterocycles. The average molecular weight is 170 g/mol. The van der Waals surface area contributed by atoms with E-state index >= 15 is 0 Å². The summed E-state index contributed by atoms with van der Waals surface area (Å²) in [4.78, 5) is 11.9. The summed E-state index contributed by atoms with van der Waals surface area (Å²) in [6, 6.07) is 1.59. The van der Waals surface area contributed by atoms with Crippen LogP contribution >= 0.6 is 11.3 Å². The van der Waals surface area contributed by atoms with Crippen LogP contribution in [-0.4, -0.2) is 17.0 Å². The Morgan fingerprint density at radius 3 is 3.00 bits per heavy atom. The Morgan fingerprint density at radius 2 is 2.36 bits per heavy atom. The fourth-order valence-corrected chi connectivity index (χ4v) is 2.24. The molecule has 1 aliphatic rings. The van der Waals surface area contributed by atoms with Gasteiger partial charge in [0, 0.05) is 5.56 Å². The second-order valence-electron chi connectivity index (χ2n) is 2.62. The van der Waals surface area contributed by atoms with E-state index in [4.69, 9.17) is 0 Å². The standard InChI is InChI=1S/C7H7NO2S/c8-4-3-1-2-11-7(3)6(10)5(4)9/h1-2,4-5,9H,8H2/p+1/t4-,5-/m0/s1. The predicted molar refractivity (Wildman–Crippen MR) is 40.3 cm³/mol. The van der Waals surface area contributed by atoms with Crippen molar-refractivity contribution in [1.82, 2.24) is 0 Å². The van der Waals surface area contributed by atoms with Gasteiger partial charge in [0.15, 0.2) is 6.10 Å². The first kappa shape index (κ1) is 6.97. The van der Waals surface area contributed by atoms with Gasteiger partial charge in [0.05, 0.1) is 4.88 Å². The van der Waals surface area contributed by atoms with Gasteiger partial charge < -0.3 is 10.8 Å². The van der Waals surface area contributed by atoms with Crippen molar-refractivity contribution < 1.29 is 15.6 Å². The van der Waals surface area contributed by atoms with Gasteiger partial charge in [-0.2, -0.15) is 0 Å². The Hall–Kier alpha value is -0.710. The lowest BCUT2D eigenvalue weighted by Crippen LogP contribution is -2.57. The normalized spacial score (nSPS) is 29.1. The molecule has 3 nitrogen and oxygen atoms in total. The van der Waals surface area contributed by atoms with Crippen LogP contribution in [0, 0.1) is 0 Å². The largest absolute Gasteiger partial charge is 0.379 e. The molecular formula is C7H8NO2S+.